The predicted octanol–water partition coefficient (Wildman–Crippen LogP) is 2.41. The molecule has 1 fully saturated rings. The van der Waals surface area contributed by atoms with Crippen LogP contribution in [0.25, 0.3) is 0 Å². The van der Waals surface area contributed by atoms with Crippen molar-refractivity contribution in [3.8, 4) is 0 Å². The monoisotopic (exact) mass is 371 g/mol. The highest BCUT2D eigenvalue weighted by Gasteiger charge is 2.31. The molecular weight excluding hydrogens is 346 g/mol. The number of carbonyl (C=O) groups excluding carboxylic acids is 1. The van der Waals surface area contributed by atoms with E-state index in [2.05, 4.69) is 31.2 Å². The normalized spacial score (nSPS) is 20.0. The van der Waals surface area contributed by atoms with E-state index in [0.717, 1.165) is 57.1 Å². The Hall–Kier alpha value is -2.15. The number of hydrogen-bond acceptors (Lipinski definition) is 6. The van der Waals surface area contributed by atoms with Crippen molar-refractivity contribution in [3.63, 3.8) is 0 Å². The van der Waals surface area contributed by atoms with E-state index in [1.807, 2.05) is 36.4 Å². The molecule has 1 saturated heterocycles. The molecule has 6 nitrogen and oxygen atoms in total. The molecule has 26 heavy (non-hydrogen) atoms. The van der Waals surface area contributed by atoms with Crippen molar-refractivity contribution < 1.29 is 4.79 Å². The molecule has 0 aromatic carbocycles. The van der Waals surface area contributed by atoms with Crippen molar-refractivity contribution in [2.45, 2.75) is 25.8 Å². The quantitative estimate of drug-likeness (QED) is 0.829. The number of thiophene rings is 1. The lowest BCUT2D eigenvalue weighted by atomic mass is 9.95. The Labute approximate surface area is 158 Å². The molecule has 1 amide bonds. The van der Waals surface area contributed by atoms with Crippen LogP contribution in [-0.4, -0.2) is 54.5 Å². The van der Waals surface area contributed by atoms with Crippen LogP contribution in [0.1, 0.15) is 23.3 Å². The van der Waals surface area contributed by atoms with Gasteiger partial charge in [-0.25, -0.2) is 9.97 Å². The molecule has 2 aliphatic rings. The van der Waals surface area contributed by atoms with Gasteiger partial charge in [-0.2, -0.15) is 0 Å². The van der Waals surface area contributed by atoms with Gasteiger partial charge < -0.3 is 14.7 Å². The molecule has 4 rings (SSSR count). The molecule has 0 spiro atoms. The number of fused-ring (bicyclic) bond motifs is 1. The summed E-state index contributed by atoms with van der Waals surface area (Å²) in [6.07, 6.45) is 4.59. The molecule has 7 heteroatoms. The number of rotatable bonds is 3. The van der Waals surface area contributed by atoms with Crippen molar-refractivity contribution >= 4 is 28.9 Å². The third-order valence-electron chi connectivity index (χ3n) is 5.31. The van der Waals surface area contributed by atoms with Crippen LogP contribution in [0.4, 0.5) is 11.6 Å². The predicted molar refractivity (Wildman–Crippen MR) is 105 cm³/mol. The molecule has 0 bridgehead atoms. The second-order valence-electron chi connectivity index (χ2n) is 7.29. The Morgan fingerprint density at radius 2 is 2.19 bits per heavy atom. The highest BCUT2D eigenvalue weighted by atomic mass is 32.1. The van der Waals surface area contributed by atoms with E-state index in [1.54, 1.807) is 6.33 Å². The minimum Gasteiger partial charge on any atom is -0.363 e. The zero-order chi connectivity index (χ0) is 18.1. The third kappa shape index (κ3) is 3.40. The van der Waals surface area contributed by atoms with E-state index in [0.29, 0.717) is 5.91 Å². The Balaban J connectivity index is 1.45. The van der Waals surface area contributed by atoms with Crippen molar-refractivity contribution in [1.29, 1.82) is 0 Å². The molecule has 4 heterocycles. The van der Waals surface area contributed by atoms with Gasteiger partial charge in [0.25, 0.3) is 0 Å². The van der Waals surface area contributed by atoms with E-state index in [-0.39, 0.29) is 5.92 Å². The molecule has 0 N–H and O–H groups in total. The second kappa shape index (κ2) is 7.23. The van der Waals surface area contributed by atoms with Crippen molar-refractivity contribution in [2.24, 2.45) is 5.92 Å². The van der Waals surface area contributed by atoms with E-state index in [9.17, 15) is 4.79 Å². The van der Waals surface area contributed by atoms with E-state index in [1.165, 1.54) is 10.4 Å². The van der Waals surface area contributed by atoms with Gasteiger partial charge in [0.15, 0.2) is 0 Å². The van der Waals surface area contributed by atoms with Gasteiger partial charge in [0.2, 0.25) is 5.91 Å². The van der Waals surface area contributed by atoms with Gasteiger partial charge in [-0.1, -0.05) is 0 Å². The summed E-state index contributed by atoms with van der Waals surface area (Å²) in [5.41, 5.74) is 1.33. The maximum atomic E-state index is 13.1. The van der Waals surface area contributed by atoms with Crippen LogP contribution in [0.3, 0.4) is 0 Å². The largest absolute Gasteiger partial charge is 0.363 e. The second-order valence-corrected chi connectivity index (χ2v) is 8.29. The molecular formula is C19H25N5OS. The van der Waals surface area contributed by atoms with Crippen LogP contribution in [0.2, 0.25) is 0 Å². The number of carbonyl (C=O) groups is 1. The smallest absolute Gasteiger partial charge is 0.227 e. The lowest BCUT2D eigenvalue weighted by molar-refractivity contribution is -0.136. The maximum Gasteiger partial charge on any atom is 0.227 e. The number of aromatic nitrogens is 2. The topological polar surface area (TPSA) is 52.6 Å². The molecule has 1 unspecified atom stereocenters. The minimum atomic E-state index is 0.0571. The molecule has 2 aromatic rings. The number of piperidine rings is 1. The maximum absolute atomic E-state index is 13.1. The van der Waals surface area contributed by atoms with Crippen LogP contribution in [0.15, 0.2) is 23.8 Å². The fraction of sp³-hybridized carbons (Fsp3) is 0.526. The number of amides is 1. The summed E-state index contributed by atoms with van der Waals surface area (Å²) in [5, 5.41) is 2.14. The van der Waals surface area contributed by atoms with Crippen molar-refractivity contribution in [2.75, 3.05) is 43.5 Å². The van der Waals surface area contributed by atoms with Gasteiger partial charge in [-0.15, -0.1) is 11.3 Å². The average Bonchev–Trinajstić information content (AvgIpc) is 3.15. The first-order chi connectivity index (χ1) is 12.6. The van der Waals surface area contributed by atoms with Crippen molar-refractivity contribution in [1.82, 2.24) is 14.9 Å². The molecule has 138 valence electrons. The first-order valence-electron chi connectivity index (χ1n) is 9.20. The van der Waals surface area contributed by atoms with Crippen LogP contribution in [0, 0.1) is 5.92 Å². The van der Waals surface area contributed by atoms with Gasteiger partial charge in [-0.05, 0) is 36.3 Å². The fourth-order valence-electron chi connectivity index (χ4n) is 3.84. The van der Waals surface area contributed by atoms with Crippen molar-refractivity contribution in [3.05, 3.63) is 34.3 Å². The molecule has 0 saturated carbocycles. The van der Waals surface area contributed by atoms with E-state index >= 15 is 0 Å². The number of anilines is 2. The van der Waals surface area contributed by atoms with Gasteiger partial charge >= 0.3 is 0 Å². The lowest BCUT2D eigenvalue weighted by Crippen LogP contribution is -2.46. The summed E-state index contributed by atoms with van der Waals surface area (Å²) in [7, 11) is 3.95. The van der Waals surface area contributed by atoms with Crippen LogP contribution >= 0.6 is 11.3 Å². The highest BCUT2D eigenvalue weighted by molar-refractivity contribution is 7.10. The van der Waals surface area contributed by atoms with Gasteiger partial charge in [-0.3, -0.25) is 4.79 Å². The summed E-state index contributed by atoms with van der Waals surface area (Å²) >= 11 is 1.81. The number of hydrogen-bond donors (Lipinski definition) is 0. The summed E-state index contributed by atoms with van der Waals surface area (Å²) < 4.78 is 0. The first-order valence-corrected chi connectivity index (χ1v) is 10.1. The van der Waals surface area contributed by atoms with E-state index < -0.39 is 0 Å². The first kappa shape index (κ1) is 17.3. The van der Waals surface area contributed by atoms with Crippen LogP contribution in [-0.2, 0) is 17.8 Å². The van der Waals surface area contributed by atoms with Gasteiger partial charge in [0, 0.05) is 51.2 Å². The SMILES string of the molecule is CN(C)c1cc(N2CCCC(C(=O)N3CCc4sccc4C3)C2)ncn1. The number of nitrogens with zero attached hydrogens (tertiary/aromatic N) is 5. The molecule has 2 aromatic heterocycles. The summed E-state index contributed by atoms with van der Waals surface area (Å²) in [5.74, 6) is 2.17. The molecule has 1 atom stereocenters. The molecule has 0 aliphatic carbocycles. The summed E-state index contributed by atoms with van der Waals surface area (Å²) in [4.78, 5) is 29.5. The lowest BCUT2D eigenvalue weighted by Gasteiger charge is -2.36. The Morgan fingerprint density at radius 1 is 1.31 bits per heavy atom. The zero-order valence-corrected chi connectivity index (χ0v) is 16.2. The molecule has 0 radical (unpaired) electrons. The minimum absolute atomic E-state index is 0.0571. The van der Waals surface area contributed by atoms with Gasteiger partial charge in [0.1, 0.15) is 18.0 Å². The summed E-state index contributed by atoms with van der Waals surface area (Å²) in [6, 6.07) is 4.17. The van der Waals surface area contributed by atoms with Crippen LogP contribution < -0.4 is 9.80 Å². The highest BCUT2D eigenvalue weighted by Crippen LogP contribution is 2.28. The fourth-order valence-corrected chi connectivity index (χ4v) is 4.73. The molecule has 2 aliphatic heterocycles. The third-order valence-corrected chi connectivity index (χ3v) is 6.33. The van der Waals surface area contributed by atoms with Crippen LogP contribution in [0.5, 0.6) is 0 Å². The zero-order valence-electron chi connectivity index (χ0n) is 15.4. The Morgan fingerprint density at radius 3 is 3.04 bits per heavy atom. The standard InChI is InChI=1S/C19H25N5OS/c1-22(2)17-10-18(21-13-20-17)23-7-3-4-15(12-23)19(25)24-8-5-16-14(11-24)6-9-26-16/h6,9-10,13,15H,3-5,7-8,11-12H2,1-2H3. The van der Waals surface area contributed by atoms with Gasteiger partial charge in [0.05, 0.1) is 5.92 Å². The Kier molecular flexibility index (Phi) is 4.80. The summed E-state index contributed by atoms with van der Waals surface area (Å²) in [6.45, 7) is 3.31. The average molecular weight is 372 g/mol. The van der Waals surface area contributed by atoms with E-state index in [4.69, 9.17) is 0 Å². The Bertz CT molecular complexity index is 790.